The third-order valence-electron chi connectivity index (χ3n) is 6.85. The smallest absolute Gasteiger partial charge is 0.399 e. The lowest BCUT2D eigenvalue weighted by molar-refractivity contribution is -0.640. The first-order valence-electron chi connectivity index (χ1n) is 9.77. The van der Waals surface area contributed by atoms with Gasteiger partial charge in [-0.25, -0.2) is 0 Å². The molecule has 2 heterocycles. The minimum atomic E-state index is -0.478. The van der Waals surface area contributed by atoms with Gasteiger partial charge in [0.1, 0.15) is 0 Å². The van der Waals surface area contributed by atoms with Gasteiger partial charge in [-0.3, -0.25) is 5.41 Å². The summed E-state index contributed by atoms with van der Waals surface area (Å²) in [5.41, 5.74) is 1.02. The van der Waals surface area contributed by atoms with E-state index in [1.807, 2.05) is 46.9 Å². The Bertz CT molecular complexity index is 680. The molecule has 1 aliphatic carbocycles. The predicted molar refractivity (Wildman–Crippen MR) is 107 cm³/mol. The van der Waals surface area contributed by atoms with E-state index < -0.39 is 25.4 Å². The first-order chi connectivity index (χ1) is 12.2. The van der Waals surface area contributed by atoms with Gasteiger partial charge in [0, 0.05) is 5.47 Å². The summed E-state index contributed by atoms with van der Waals surface area (Å²) in [7, 11) is 1.10. The van der Waals surface area contributed by atoms with Crippen LogP contribution in [-0.2, 0) is 18.6 Å². The van der Waals surface area contributed by atoms with E-state index in [1.54, 1.807) is 0 Å². The monoisotopic (exact) mass is 376 g/mol. The molecule has 0 radical (unpaired) electrons. The molecular weight excluding hydrogens is 342 g/mol. The summed E-state index contributed by atoms with van der Waals surface area (Å²) in [6.45, 7) is 16.4. The number of nitrogens with two attached hydrogens (primary N) is 2. The largest absolute Gasteiger partial charge is 0.501 e. The van der Waals surface area contributed by atoms with Gasteiger partial charge in [-0.1, -0.05) is 12.2 Å². The van der Waals surface area contributed by atoms with E-state index in [2.05, 4.69) is 33.0 Å². The number of likely N-dealkylation sites (N-methyl/N-ethyl adjacent to an activating group) is 1. The minimum absolute atomic E-state index is 0.0845. The zero-order valence-electron chi connectivity index (χ0n) is 18.2. The van der Waals surface area contributed by atoms with Crippen molar-refractivity contribution in [3.8, 4) is 0 Å². The van der Waals surface area contributed by atoms with Gasteiger partial charge in [0.15, 0.2) is 6.04 Å². The molecule has 0 saturated carbocycles. The molecule has 2 aliphatic heterocycles. The van der Waals surface area contributed by atoms with E-state index in [0.29, 0.717) is 0 Å². The Labute approximate surface area is 163 Å². The Morgan fingerprint density at radius 1 is 0.778 bits per heavy atom. The lowest BCUT2D eigenvalue weighted by atomic mass is 9.63. The van der Waals surface area contributed by atoms with Crippen LogP contribution in [0, 0.1) is 0 Å². The van der Waals surface area contributed by atoms with Crippen LogP contribution in [0.25, 0.3) is 0 Å². The summed E-state index contributed by atoms with van der Waals surface area (Å²) in [4.78, 5) is 0. The van der Waals surface area contributed by atoms with Gasteiger partial charge in [-0.05, 0) is 55.4 Å². The summed E-state index contributed by atoms with van der Waals surface area (Å²) in [6, 6.07) is -0.0845. The highest BCUT2D eigenvalue weighted by Crippen LogP contribution is 2.41. The fourth-order valence-electron chi connectivity index (χ4n) is 3.51. The average molecular weight is 376 g/mol. The summed E-state index contributed by atoms with van der Waals surface area (Å²) in [5, 5.41) is 8.66. The lowest BCUT2D eigenvalue weighted by Crippen LogP contribution is -2.92. The zero-order valence-corrected chi connectivity index (χ0v) is 18.2. The van der Waals surface area contributed by atoms with E-state index in [0.717, 1.165) is 16.7 Å². The summed E-state index contributed by atoms with van der Waals surface area (Å²) in [5.74, 6) is 0. The van der Waals surface area contributed by atoms with Crippen LogP contribution in [-0.4, -0.2) is 55.4 Å². The van der Waals surface area contributed by atoms with E-state index in [1.165, 1.54) is 0 Å². The average Bonchev–Trinajstić information content (AvgIpc) is 2.86. The van der Waals surface area contributed by atoms with Crippen LogP contribution in [0.3, 0.4) is 0 Å². The minimum Gasteiger partial charge on any atom is -0.399 e. The van der Waals surface area contributed by atoms with Gasteiger partial charge in [0.25, 0.3) is 0 Å². The third-order valence-corrected chi connectivity index (χ3v) is 6.85. The maximum Gasteiger partial charge on any atom is 0.501 e. The van der Waals surface area contributed by atoms with Crippen LogP contribution in [0.5, 0.6) is 0 Å². The molecule has 0 aromatic heterocycles. The highest BCUT2D eigenvalue weighted by molar-refractivity contribution is 6.64. The predicted octanol–water partition coefficient (Wildman–Crippen LogP) is -0.122. The number of hydrogen-bond acceptors (Lipinski definition) is 4. The molecule has 27 heavy (non-hydrogen) atoms. The summed E-state index contributed by atoms with van der Waals surface area (Å²) >= 11 is 0. The van der Waals surface area contributed by atoms with Crippen molar-refractivity contribution in [1.29, 1.82) is 0 Å². The summed E-state index contributed by atoms with van der Waals surface area (Å²) in [6.07, 6.45) is 4.03. The van der Waals surface area contributed by atoms with Gasteiger partial charge < -0.3 is 23.9 Å². The second-order valence-corrected chi connectivity index (χ2v) is 9.73. The van der Waals surface area contributed by atoms with Crippen molar-refractivity contribution >= 4 is 19.9 Å². The molecule has 148 valence electrons. The van der Waals surface area contributed by atoms with E-state index >= 15 is 0 Å². The van der Waals surface area contributed by atoms with E-state index in [4.69, 9.17) is 24.0 Å². The molecule has 0 amide bonds. The van der Waals surface area contributed by atoms with Crippen molar-refractivity contribution in [2.45, 2.75) is 83.8 Å². The van der Waals surface area contributed by atoms with E-state index in [9.17, 15) is 0 Å². The van der Waals surface area contributed by atoms with Crippen molar-refractivity contribution < 1.29 is 29.3 Å². The van der Waals surface area contributed by atoms with Crippen LogP contribution in [0.2, 0.25) is 0 Å². The van der Waals surface area contributed by atoms with Gasteiger partial charge in [0.2, 0.25) is 5.71 Å². The molecule has 2 fully saturated rings. The molecule has 6 nitrogen and oxygen atoms in total. The molecule has 1 unspecified atom stereocenters. The molecule has 3 aliphatic rings. The molecule has 2 saturated heterocycles. The first-order valence-corrected chi connectivity index (χ1v) is 9.77. The molecule has 3 rings (SSSR count). The molecule has 0 spiro atoms. The molecule has 8 heteroatoms. The Morgan fingerprint density at radius 3 is 1.59 bits per heavy atom. The second-order valence-electron chi connectivity index (χ2n) is 9.73. The Hall–Kier alpha value is -0.920. The fourth-order valence-corrected chi connectivity index (χ4v) is 3.51. The first kappa shape index (κ1) is 20.8. The Balaban J connectivity index is 1.90. The number of quaternary nitrogens is 1. The maximum absolute atomic E-state index is 6.59. The highest BCUT2D eigenvalue weighted by Gasteiger charge is 2.58. The fraction of sp³-hybridized carbons (Fsp3) is 0.737. The van der Waals surface area contributed by atoms with Crippen LogP contribution >= 0.6 is 0 Å². The molecule has 0 bridgehead atoms. The van der Waals surface area contributed by atoms with Gasteiger partial charge in [-0.15, -0.1) is 0 Å². The molecular formula is C19H34B2N2O4+2. The van der Waals surface area contributed by atoms with Crippen LogP contribution in [0.15, 0.2) is 23.1 Å². The van der Waals surface area contributed by atoms with Crippen LogP contribution in [0.4, 0.5) is 0 Å². The molecule has 0 aromatic rings. The van der Waals surface area contributed by atoms with E-state index in [-0.39, 0.29) is 17.2 Å². The molecule has 4 N–H and O–H groups in total. The van der Waals surface area contributed by atoms with Gasteiger partial charge in [0.05, 0.1) is 34.9 Å². The normalized spacial score (nSPS) is 31.1. The van der Waals surface area contributed by atoms with Crippen LogP contribution in [0.1, 0.15) is 55.4 Å². The molecule has 0 aromatic carbocycles. The summed E-state index contributed by atoms with van der Waals surface area (Å²) < 4.78 is 24.9. The number of rotatable bonds is 3. The maximum atomic E-state index is 6.59. The zero-order chi connectivity index (χ0) is 20.4. The van der Waals surface area contributed by atoms with Gasteiger partial charge >= 0.3 is 14.2 Å². The Kier molecular flexibility index (Phi) is 4.85. The second kappa shape index (κ2) is 6.29. The van der Waals surface area contributed by atoms with Gasteiger partial charge in [-0.2, -0.15) is 0 Å². The SMILES string of the molecule is C[NH2+]C1C(=[NH2+])C(B2OC(C)(C)C(C)(C)O2)=CC=C1B1OC(C)(C)C(C)(C)O1. The van der Waals surface area contributed by atoms with Crippen molar-refractivity contribution in [3.63, 3.8) is 0 Å². The van der Waals surface area contributed by atoms with Crippen molar-refractivity contribution in [1.82, 2.24) is 0 Å². The van der Waals surface area contributed by atoms with Crippen molar-refractivity contribution in [3.05, 3.63) is 23.1 Å². The highest BCUT2D eigenvalue weighted by atomic mass is 16.7. The standard InChI is InChI=1S/C19H32B2N2O4/c1-16(2)17(3,4)25-20(24-16)12-10-11-13(15(23-9)14(12)22)21-26-18(5,6)19(7,8)27-21/h10-11,15,22-23H,1-9H3/p+2. The quantitative estimate of drug-likeness (QED) is 0.674. The lowest BCUT2D eigenvalue weighted by Gasteiger charge is -2.32. The Morgan fingerprint density at radius 2 is 1.19 bits per heavy atom. The number of allylic oxidation sites excluding steroid dienone is 2. The van der Waals surface area contributed by atoms with Crippen molar-refractivity contribution in [2.24, 2.45) is 0 Å². The van der Waals surface area contributed by atoms with Crippen LogP contribution < -0.4 is 10.7 Å². The number of hydrogen-bond donors (Lipinski definition) is 2. The van der Waals surface area contributed by atoms with Crippen molar-refractivity contribution in [2.75, 3.05) is 7.05 Å². The molecule has 1 atom stereocenters. The third kappa shape index (κ3) is 3.25. The topological polar surface area (TPSA) is 79.1 Å².